The Morgan fingerprint density at radius 1 is 1.03 bits per heavy atom. The van der Waals surface area contributed by atoms with E-state index in [-0.39, 0.29) is 23.5 Å². The molecule has 0 radical (unpaired) electrons. The average molecular weight is 453 g/mol. The predicted octanol–water partition coefficient (Wildman–Crippen LogP) is 6.74. The Morgan fingerprint density at radius 3 is 2.28 bits per heavy atom. The second-order valence-corrected chi connectivity index (χ2v) is 15.6. The van der Waals surface area contributed by atoms with E-state index in [0.717, 1.165) is 22.2 Å². The van der Waals surface area contributed by atoms with Crippen molar-refractivity contribution in [1.29, 1.82) is 0 Å². The van der Waals surface area contributed by atoms with Crippen molar-refractivity contribution in [2.24, 2.45) is 0 Å². The molecule has 0 fully saturated rings. The summed E-state index contributed by atoms with van der Waals surface area (Å²) in [4.78, 5) is 12.7. The normalized spacial score (nSPS) is 13.8. The first-order chi connectivity index (χ1) is 14.8. The van der Waals surface area contributed by atoms with Crippen LogP contribution in [0, 0.1) is 0 Å². The summed E-state index contributed by atoms with van der Waals surface area (Å²) < 4.78 is 14.0. The highest BCUT2D eigenvalue weighted by atomic mass is 28.4. The highest BCUT2D eigenvalue weighted by Crippen LogP contribution is 2.38. The Kier molecular flexibility index (Phi) is 6.56. The van der Waals surface area contributed by atoms with Gasteiger partial charge in [-0.15, -0.1) is 0 Å². The fraction of sp³-hybridized carbons (Fsp3) is 0.462. The SMILES string of the molecule is CC(C)(C)OC(=O)CC(c1ccccc1)n1ncc2cc(O[Si](C)(C)C(C)(C)C)ccc21. The lowest BCUT2D eigenvalue weighted by Gasteiger charge is -2.36. The number of hydrogen-bond acceptors (Lipinski definition) is 4. The standard InChI is InChI=1S/C26H36N2O3Si/c1-25(2,3)30-24(29)17-23(19-12-10-9-11-13-19)28-22-15-14-21(16-20(22)18-27-28)31-32(7,8)26(4,5)6/h9-16,18,23H,17H2,1-8H3. The molecule has 0 aliphatic heterocycles. The lowest BCUT2D eigenvalue weighted by Crippen LogP contribution is -2.43. The minimum Gasteiger partial charge on any atom is -0.543 e. The molecule has 0 aliphatic rings. The van der Waals surface area contributed by atoms with Crippen LogP contribution in [0.1, 0.15) is 59.6 Å². The molecule has 0 spiro atoms. The maximum absolute atomic E-state index is 12.7. The number of esters is 1. The van der Waals surface area contributed by atoms with Crippen molar-refractivity contribution in [2.75, 3.05) is 0 Å². The van der Waals surface area contributed by atoms with Crippen LogP contribution in [0.2, 0.25) is 18.1 Å². The molecular weight excluding hydrogens is 416 g/mol. The van der Waals surface area contributed by atoms with Gasteiger partial charge in [0, 0.05) is 5.39 Å². The summed E-state index contributed by atoms with van der Waals surface area (Å²) in [5.74, 6) is 0.625. The largest absolute Gasteiger partial charge is 0.543 e. The molecule has 1 heterocycles. The summed E-state index contributed by atoms with van der Waals surface area (Å²) in [6.45, 7) is 16.8. The Labute approximate surface area is 192 Å². The van der Waals surface area contributed by atoms with Crippen molar-refractivity contribution in [3.8, 4) is 5.75 Å². The van der Waals surface area contributed by atoms with Crippen LogP contribution >= 0.6 is 0 Å². The highest BCUT2D eigenvalue weighted by Gasteiger charge is 2.39. The van der Waals surface area contributed by atoms with E-state index in [1.165, 1.54) is 0 Å². The van der Waals surface area contributed by atoms with E-state index in [1.807, 2.05) is 74.1 Å². The van der Waals surface area contributed by atoms with Gasteiger partial charge in [-0.05, 0) is 62.7 Å². The molecule has 3 aromatic rings. The van der Waals surface area contributed by atoms with Crippen molar-refractivity contribution < 1.29 is 14.0 Å². The zero-order valence-electron chi connectivity index (χ0n) is 20.6. The maximum Gasteiger partial charge on any atom is 0.308 e. The number of nitrogens with zero attached hydrogens (tertiary/aromatic N) is 2. The third-order valence-electron chi connectivity index (χ3n) is 6.01. The van der Waals surface area contributed by atoms with Crippen LogP contribution in [0.25, 0.3) is 10.9 Å². The van der Waals surface area contributed by atoms with Gasteiger partial charge < -0.3 is 9.16 Å². The summed E-state index contributed by atoms with van der Waals surface area (Å²) in [5, 5.41) is 5.79. The van der Waals surface area contributed by atoms with Crippen LogP contribution in [0.4, 0.5) is 0 Å². The highest BCUT2D eigenvalue weighted by molar-refractivity contribution is 6.74. The van der Waals surface area contributed by atoms with Crippen LogP contribution in [0.15, 0.2) is 54.7 Å². The Bertz CT molecular complexity index is 1080. The molecule has 2 aromatic carbocycles. The van der Waals surface area contributed by atoms with Crippen LogP contribution < -0.4 is 4.43 Å². The van der Waals surface area contributed by atoms with Gasteiger partial charge in [-0.1, -0.05) is 51.1 Å². The fourth-order valence-electron chi connectivity index (χ4n) is 3.35. The molecular formula is C26H36N2O3Si. The molecule has 5 nitrogen and oxygen atoms in total. The van der Waals surface area contributed by atoms with Crippen molar-refractivity contribution in [2.45, 2.75) is 77.7 Å². The fourth-order valence-corrected chi connectivity index (χ4v) is 4.37. The Morgan fingerprint density at radius 2 is 1.69 bits per heavy atom. The molecule has 1 atom stereocenters. The van der Waals surface area contributed by atoms with Gasteiger partial charge in [-0.25, -0.2) is 0 Å². The predicted molar refractivity (Wildman–Crippen MR) is 133 cm³/mol. The molecule has 0 saturated heterocycles. The second-order valence-electron chi connectivity index (χ2n) is 10.9. The van der Waals surface area contributed by atoms with Crippen molar-refractivity contribution in [3.05, 3.63) is 60.3 Å². The van der Waals surface area contributed by atoms with E-state index >= 15 is 0 Å². The molecule has 0 amide bonds. The molecule has 6 heteroatoms. The van der Waals surface area contributed by atoms with Gasteiger partial charge in [0.15, 0.2) is 0 Å². The molecule has 1 aromatic heterocycles. The lowest BCUT2D eigenvalue weighted by molar-refractivity contribution is -0.155. The first-order valence-corrected chi connectivity index (χ1v) is 14.1. The van der Waals surface area contributed by atoms with Gasteiger partial charge in [0.2, 0.25) is 8.32 Å². The van der Waals surface area contributed by atoms with E-state index in [0.29, 0.717) is 0 Å². The lowest BCUT2D eigenvalue weighted by atomic mass is 10.0. The number of carbonyl (C=O) groups is 1. The topological polar surface area (TPSA) is 53.4 Å². The summed E-state index contributed by atoms with van der Waals surface area (Å²) in [7, 11) is -1.93. The van der Waals surface area contributed by atoms with Gasteiger partial charge in [0.25, 0.3) is 0 Å². The summed E-state index contributed by atoms with van der Waals surface area (Å²) >= 11 is 0. The maximum atomic E-state index is 12.7. The van der Waals surface area contributed by atoms with Crippen LogP contribution in [0.3, 0.4) is 0 Å². The zero-order valence-corrected chi connectivity index (χ0v) is 21.6. The number of benzene rings is 2. The summed E-state index contributed by atoms with van der Waals surface area (Å²) in [6, 6.07) is 15.8. The van der Waals surface area contributed by atoms with E-state index in [1.54, 1.807) is 0 Å². The number of aromatic nitrogens is 2. The molecule has 0 saturated carbocycles. The van der Waals surface area contributed by atoms with E-state index in [9.17, 15) is 4.79 Å². The molecule has 3 rings (SSSR count). The van der Waals surface area contributed by atoms with Gasteiger partial charge in [-0.3, -0.25) is 9.48 Å². The number of carbonyl (C=O) groups excluding carboxylic acids is 1. The number of ether oxygens (including phenoxy) is 1. The van der Waals surface area contributed by atoms with Gasteiger partial charge >= 0.3 is 5.97 Å². The molecule has 0 aliphatic carbocycles. The summed E-state index contributed by atoms with van der Waals surface area (Å²) in [5.41, 5.74) is 1.45. The van der Waals surface area contributed by atoms with Gasteiger partial charge in [0.1, 0.15) is 11.4 Å². The smallest absolute Gasteiger partial charge is 0.308 e. The van der Waals surface area contributed by atoms with Crippen molar-refractivity contribution >= 4 is 25.2 Å². The van der Waals surface area contributed by atoms with Gasteiger partial charge in [-0.2, -0.15) is 5.10 Å². The third-order valence-corrected chi connectivity index (χ3v) is 10.4. The average Bonchev–Trinajstić information content (AvgIpc) is 3.07. The third kappa shape index (κ3) is 5.60. The first-order valence-electron chi connectivity index (χ1n) is 11.2. The zero-order chi connectivity index (χ0) is 23.7. The van der Waals surface area contributed by atoms with Crippen molar-refractivity contribution in [1.82, 2.24) is 9.78 Å². The van der Waals surface area contributed by atoms with E-state index in [2.05, 4.69) is 45.0 Å². The van der Waals surface area contributed by atoms with Crippen LogP contribution in [-0.4, -0.2) is 29.7 Å². The van der Waals surface area contributed by atoms with Crippen molar-refractivity contribution in [3.63, 3.8) is 0 Å². The second kappa shape index (κ2) is 8.74. The quantitative estimate of drug-likeness (QED) is 0.307. The molecule has 172 valence electrons. The van der Waals surface area contributed by atoms with Crippen LogP contribution in [0.5, 0.6) is 5.75 Å². The monoisotopic (exact) mass is 452 g/mol. The van der Waals surface area contributed by atoms with E-state index < -0.39 is 13.9 Å². The first kappa shape index (κ1) is 24.0. The molecule has 0 bridgehead atoms. The number of rotatable bonds is 6. The Balaban J connectivity index is 1.96. The Hall–Kier alpha value is -2.60. The summed E-state index contributed by atoms with van der Waals surface area (Å²) in [6.07, 6.45) is 2.05. The number of fused-ring (bicyclic) bond motifs is 1. The van der Waals surface area contributed by atoms with Gasteiger partial charge in [0.05, 0.1) is 24.2 Å². The van der Waals surface area contributed by atoms with E-state index in [4.69, 9.17) is 9.16 Å². The van der Waals surface area contributed by atoms with Crippen LogP contribution in [-0.2, 0) is 9.53 Å². The molecule has 0 N–H and O–H groups in total. The minimum atomic E-state index is -1.93. The minimum absolute atomic E-state index is 0.123. The molecule has 1 unspecified atom stereocenters. The number of hydrogen-bond donors (Lipinski definition) is 0. The molecule has 32 heavy (non-hydrogen) atoms.